The fourth-order valence-corrected chi connectivity index (χ4v) is 1.51. The van der Waals surface area contributed by atoms with Gasteiger partial charge in [-0.3, -0.25) is 9.63 Å². The minimum atomic E-state index is -0.401. The van der Waals surface area contributed by atoms with Gasteiger partial charge in [-0.05, 0) is 26.8 Å². The second kappa shape index (κ2) is 4.22. The molecule has 2 rings (SSSR count). The number of hydroxylamine groups is 1. The SMILES string of the molecule is CC(C)(C)ONC(=O)c1c[nH]c2ccccc12. The number of hydrogen-bond donors (Lipinski definition) is 2. The van der Waals surface area contributed by atoms with Crippen LogP contribution in [0.25, 0.3) is 10.9 Å². The Kier molecular flexibility index (Phi) is 2.90. The number of carbonyl (C=O) groups excluding carboxylic acids is 1. The number of benzene rings is 1. The molecule has 2 aromatic rings. The summed E-state index contributed by atoms with van der Waals surface area (Å²) in [6, 6.07) is 7.65. The first-order chi connectivity index (χ1) is 7.97. The van der Waals surface area contributed by atoms with Crippen LogP contribution in [0, 0.1) is 0 Å². The lowest BCUT2D eigenvalue weighted by Gasteiger charge is -2.18. The summed E-state index contributed by atoms with van der Waals surface area (Å²) in [5, 5.41) is 0.891. The summed E-state index contributed by atoms with van der Waals surface area (Å²) in [5.41, 5.74) is 3.58. The number of carbonyl (C=O) groups is 1. The smallest absolute Gasteiger partial charge is 0.277 e. The Hall–Kier alpha value is -1.81. The molecule has 1 aromatic carbocycles. The van der Waals surface area contributed by atoms with Crippen LogP contribution in [-0.2, 0) is 4.84 Å². The number of para-hydroxylation sites is 1. The van der Waals surface area contributed by atoms with Crippen LogP contribution in [0.4, 0.5) is 0 Å². The zero-order valence-corrected chi connectivity index (χ0v) is 10.2. The molecule has 0 atom stereocenters. The number of aromatic nitrogens is 1. The Morgan fingerprint density at radius 3 is 2.71 bits per heavy atom. The van der Waals surface area contributed by atoms with E-state index in [4.69, 9.17) is 4.84 Å². The van der Waals surface area contributed by atoms with Crippen molar-refractivity contribution in [2.75, 3.05) is 0 Å². The molecule has 1 heterocycles. The van der Waals surface area contributed by atoms with Gasteiger partial charge in [-0.25, -0.2) is 5.48 Å². The van der Waals surface area contributed by atoms with Crippen molar-refractivity contribution >= 4 is 16.8 Å². The molecule has 0 aliphatic heterocycles. The summed E-state index contributed by atoms with van der Waals surface area (Å²) in [7, 11) is 0. The van der Waals surface area contributed by atoms with Crippen LogP contribution in [0.3, 0.4) is 0 Å². The second-order valence-electron chi connectivity index (χ2n) is 4.89. The zero-order chi connectivity index (χ0) is 12.5. The number of nitrogens with one attached hydrogen (secondary N) is 2. The Morgan fingerprint density at radius 1 is 1.29 bits per heavy atom. The topological polar surface area (TPSA) is 54.1 Å². The summed E-state index contributed by atoms with van der Waals surface area (Å²) in [5.74, 6) is -0.239. The molecule has 0 spiro atoms. The van der Waals surface area contributed by atoms with Gasteiger partial charge in [-0.1, -0.05) is 18.2 Å². The van der Waals surface area contributed by atoms with Gasteiger partial charge >= 0.3 is 0 Å². The molecule has 0 saturated carbocycles. The first-order valence-corrected chi connectivity index (χ1v) is 5.52. The van der Waals surface area contributed by atoms with Crippen LogP contribution in [0.15, 0.2) is 30.5 Å². The fourth-order valence-electron chi connectivity index (χ4n) is 1.51. The molecule has 1 amide bonds. The molecule has 90 valence electrons. The van der Waals surface area contributed by atoms with E-state index in [-0.39, 0.29) is 5.91 Å². The first kappa shape index (κ1) is 11.7. The molecule has 1 aromatic heterocycles. The highest BCUT2D eigenvalue weighted by molar-refractivity contribution is 6.06. The molecular weight excluding hydrogens is 216 g/mol. The van der Waals surface area contributed by atoms with Crippen LogP contribution in [-0.4, -0.2) is 16.5 Å². The second-order valence-corrected chi connectivity index (χ2v) is 4.89. The Labute approximate surface area is 99.9 Å². The van der Waals surface area contributed by atoms with Crippen molar-refractivity contribution in [2.45, 2.75) is 26.4 Å². The van der Waals surface area contributed by atoms with Gasteiger partial charge in [0.2, 0.25) is 0 Å². The predicted octanol–water partition coefficient (Wildman–Crippen LogP) is 2.63. The monoisotopic (exact) mass is 232 g/mol. The maximum atomic E-state index is 11.9. The number of aromatic amines is 1. The van der Waals surface area contributed by atoms with E-state index in [9.17, 15) is 4.79 Å². The lowest BCUT2D eigenvalue weighted by atomic mass is 10.2. The number of fused-ring (bicyclic) bond motifs is 1. The third kappa shape index (κ3) is 2.65. The van der Waals surface area contributed by atoms with Crippen LogP contribution in [0.5, 0.6) is 0 Å². The van der Waals surface area contributed by atoms with E-state index in [1.165, 1.54) is 0 Å². The molecular formula is C13H16N2O2. The number of H-pyrrole nitrogens is 1. The Balaban J connectivity index is 2.20. The van der Waals surface area contributed by atoms with Crippen molar-refractivity contribution in [3.05, 3.63) is 36.0 Å². The molecule has 17 heavy (non-hydrogen) atoms. The first-order valence-electron chi connectivity index (χ1n) is 5.52. The number of hydrogen-bond acceptors (Lipinski definition) is 2. The molecule has 0 radical (unpaired) electrons. The number of rotatable bonds is 2. The van der Waals surface area contributed by atoms with E-state index >= 15 is 0 Å². The third-order valence-electron chi connectivity index (χ3n) is 2.28. The summed E-state index contributed by atoms with van der Waals surface area (Å²) in [6.45, 7) is 5.63. The summed E-state index contributed by atoms with van der Waals surface area (Å²) in [6.07, 6.45) is 1.69. The van der Waals surface area contributed by atoms with Crippen molar-refractivity contribution in [1.82, 2.24) is 10.5 Å². The fraction of sp³-hybridized carbons (Fsp3) is 0.308. The minimum Gasteiger partial charge on any atom is -0.360 e. The van der Waals surface area contributed by atoms with Crippen molar-refractivity contribution in [2.24, 2.45) is 0 Å². The van der Waals surface area contributed by atoms with Crippen LogP contribution < -0.4 is 5.48 Å². The van der Waals surface area contributed by atoms with Crippen molar-refractivity contribution < 1.29 is 9.63 Å². The summed E-state index contributed by atoms with van der Waals surface area (Å²) in [4.78, 5) is 20.2. The van der Waals surface area contributed by atoms with Gasteiger partial charge in [0.1, 0.15) is 0 Å². The van der Waals surface area contributed by atoms with E-state index in [0.29, 0.717) is 5.56 Å². The van der Waals surface area contributed by atoms with E-state index in [1.807, 2.05) is 45.0 Å². The predicted molar refractivity (Wildman–Crippen MR) is 66.6 cm³/mol. The lowest BCUT2D eigenvalue weighted by molar-refractivity contribution is -0.0589. The van der Waals surface area contributed by atoms with Gasteiger partial charge in [0.15, 0.2) is 0 Å². The van der Waals surface area contributed by atoms with Gasteiger partial charge in [0.05, 0.1) is 11.2 Å². The average Bonchev–Trinajstić information content (AvgIpc) is 2.68. The molecule has 4 nitrogen and oxygen atoms in total. The highest BCUT2D eigenvalue weighted by Gasteiger charge is 2.16. The summed E-state index contributed by atoms with van der Waals surface area (Å²) < 4.78 is 0. The van der Waals surface area contributed by atoms with Gasteiger partial charge in [-0.15, -0.1) is 0 Å². The molecule has 0 saturated heterocycles. The minimum absolute atomic E-state index is 0.239. The molecule has 0 aliphatic carbocycles. The van der Waals surface area contributed by atoms with Gasteiger partial charge < -0.3 is 4.98 Å². The highest BCUT2D eigenvalue weighted by Crippen LogP contribution is 2.17. The number of amides is 1. The van der Waals surface area contributed by atoms with Crippen molar-refractivity contribution in [1.29, 1.82) is 0 Å². The van der Waals surface area contributed by atoms with E-state index in [1.54, 1.807) is 6.20 Å². The van der Waals surface area contributed by atoms with E-state index < -0.39 is 5.60 Å². The molecule has 0 aliphatic rings. The van der Waals surface area contributed by atoms with E-state index in [2.05, 4.69) is 10.5 Å². The average molecular weight is 232 g/mol. The largest absolute Gasteiger partial charge is 0.360 e. The lowest BCUT2D eigenvalue weighted by Crippen LogP contribution is -2.33. The summed E-state index contributed by atoms with van der Waals surface area (Å²) >= 11 is 0. The molecule has 2 N–H and O–H groups in total. The Bertz CT molecular complexity index is 538. The normalized spacial score (nSPS) is 11.7. The van der Waals surface area contributed by atoms with Gasteiger partial charge in [0, 0.05) is 17.1 Å². The standard InChI is InChI=1S/C13H16N2O2/c1-13(2,3)17-15-12(16)10-8-14-11-7-5-4-6-9(10)11/h4-8,14H,1-3H3,(H,15,16). The van der Waals surface area contributed by atoms with Crippen LogP contribution in [0.2, 0.25) is 0 Å². The quantitative estimate of drug-likeness (QED) is 0.782. The molecule has 0 unspecified atom stereocenters. The molecule has 0 bridgehead atoms. The Morgan fingerprint density at radius 2 is 2.00 bits per heavy atom. The molecule has 4 heteroatoms. The van der Waals surface area contributed by atoms with Gasteiger partial charge in [-0.2, -0.15) is 0 Å². The van der Waals surface area contributed by atoms with Gasteiger partial charge in [0.25, 0.3) is 5.91 Å². The maximum Gasteiger partial charge on any atom is 0.277 e. The van der Waals surface area contributed by atoms with Crippen LogP contribution >= 0.6 is 0 Å². The highest BCUT2D eigenvalue weighted by atomic mass is 16.7. The van der Waals surface area contributed by atoms with Crippen molar-refractivity contribution in [3.63, 3.8) is 0 Å². The zero-order valence-electron chi connectivity index (χ0n) is 10.2. The van der Waals surface area contributed by atoms with Crippen molar-refractivity contribution in [3.8, 4) is 0 Å². The van der Waals surface area contributed by atoms with E-state index in [0.717, 1.165) is 10.9 Å². The molecule has 0 fully saturated rings. The maximum absolute atomic E-state index is 11.9. The third-order valence-corrected chi connectivity index (χ3v) is 2.28. The van der Waals surface area contributed by atoms with Crippen LogP contribution in [0.1, 0.15) is 31.1 Å².